The molecule has 5 nitrogen and oxygen atoms in total. The highest BCUT2D eigenvalue weighted by atomic mass is 15.3. The summed E-state index contributed by atoms with van der Waals surface area (Å²) in [6.07, 6.45) is 5.75. The standard InChI is InChI=1S/C12H21N5/c1-2-17-12(14-9-15-17)7-13-10-5-6-16(8-10)11-3-4-11/h9-11,13H,2-8H2,1H3. The van der Waals surface area contributed by atoms with Gasteiger partial charge in [0.15, 0.2) is 0 Å². The quantitative estimate of drug-likeness (QED) is 0.813. The van der Waals surface area contributed by atoms with Crippen molar-refractivity contribution in [2.75, 3.05) is 13.1 Å². The summed E-state index contributed by atoms with van der Waals surface area (Å²) >= 11 is 0. The van der Waals surface area contributed by atoms with E-state index in [1.807, 2.05) is 4.68 Å². The Morgan fingerprint density at radius 3 is 3.06 bits per heavy atom. The molecule has 3 rings (SSSR count). The van der Waals surface area contributed by atoms with Gasteiger partial charge in [-0.3, -0.25) is 4.90 Å². The van der Waals surface area contributed by atoms with Crippen LogP contribution in [0.15, 0.2) is 6.33 Å². The Morgan fingerprint density at radius 2 is 2.29 bits per heavy atom. The second-order valence-corrected chi connectivity index (χ2v) is 5.08. The number of nitrogens with zero attached hydrogens (tertiary/aromatic N) is 4. The lowest BCUT2D eigenvalue weighted by molar-refractivity contribution is 0.316. The van der Waals surface area contributed by atoms with Gasteiger partial charge in [-0.1, -0.05) is 0 Å². The molecule has 2 aliphatic rings. The van der Waals surface area contributed by atoms with Crippen LogP contribution in [0, 0.1) is 0 Å². The van der Waals surface area contributed by atoms with E-state index in [-0.39, 0.29) is 0 Å². The van der Waals surface area contributed by atoms with Gasteiger partial charge in [-0.2, -0.15) is 5.10 Å². The minimum Gasteiger partial charge on any atom is -0.306 e. The lowest BCUT2D eigenvalue weighted by Crippen LogP contribution is -2.33. The Labute approximate surface area is 102 Å². The average Bonchev–Trinajstić information content (AvgIpc) is 2.93. The molecule has 0 spiro atoms. The maximum absolute atomic E-state index is 4.29. The third-order valence-corrected chi connectivity index (χ3v) is 3.83. The second kappa shape index (κ2) is 4.74. The molecule has 0 aromatic carbocycles. The molecule has 2 fully saturated rings. The zero-order chi connectivity index (χ0) is 11.7. The van der Waals surface area contributed by atoms with E-state index in [1.54, 1.807) is 6.33 Å². The first kappa shape index (κ1) is 11.2. The van der Waals surface area contributed by atoms with Crippen molar-refractivity contribution >= 4 is 0 Å². The summed E-state index contributed by atoms with van der Waals surface area (Å²) in [7, 11) is 0. The third kappa shape index (κ3) is 2.50. The molecule has 0 bridgehead atoms. The molecule has 1 N–H and O–H groups in total. The predicted molar refractivity (Wildman–Crippen MR) is 65.5 cm³/mol. The van der Waals surface area contributed by atoms with E-state index in [2.05, 4.69) is 27.2 Å². The van der Waals surface area contributed by atoms with Crippen LogP contribution in [-0.2, 0) is 13.1 Å². The van der Waals surface area contributed by atoms with E-state index < -0.39 is 0 Å². The van der Waals surface area contributed by atoms with Crippen LogP contribution in [0.1, 0.15) is 32.0 Å². The van der Waals surface area contributed by atoms with Crippen molar-refractivity contribution in [3.05, 3.63) is 12.2 Å². The van der Waals surface area contributed by atoms with Crippen molar-refractivity contribution in [3.8, 4) is 0 Å². The molecule has 17 heavy (non-hydrogen) atoms. The highest BCUT2D eigenvalue weighted by Crippen LogP contribution is 2.29. The largest absolute Gasteiger partial charge is 0.306 e. The number of likely N-dealkylation sites (tertiary alicyclic amines) is 1. The summed E-state index contributed by atoms with van der Waals surface area (Å²) in [4.78, 5) is 6.92. The van der Waals surface area contributed by atoms with Crippen LogP contribution in [0.25, 0.3) is 0 Å². The molecule has 1 aliphatic carbocycles. The smallest absolute Gasteiger partial charge is 0.140 e. The molecule has 2 heterocycles. The van der Waals surface area contributed by atoms with Gasteiger partial charge in [0.05, 0.1) is 6.54 Å². The summed E-state index contributed by atoms with van der Waals surface area (Å²) < 4.78 is 1.96. The highest BCUT2D eigenvalue weighted by molar-refractivity contribution is 4.93. The van der Waals surface area contributed by atoms with Crippen LogP contribution < -0.4 is 5.32 Å². The number of rotatable bonds is 5. The number of aryl methyl sites for hydroxylation is 1. The van der Waals surface area contributed by atoms with Gasteiger partial charge >= 0.3 is 0 Å². The summed E-state index contributed by atoms with van der Waals surface area (Å²) in [6.45, 7) is 6.32. The fourth-order valence-corrected chi connectivity index (χ4v) is 2.65. The van der Waals surface area contributed by atoms with Crippen molar-refractivity contribution in [1.82, 2.24) is 25.0 Å². The van der Waals surface area contributed by atoms with Crippen LogP contribution in [0.5, 0.6) is 0 Å². The van der Waals surface area contributed by atoms with Gasteiger partial charge in [-0.25, -0.2) is 9.67 Å². The Kier molecular flexibility index (Phi) is 3.11. The fourth-order valence-electron chi connectivity index (χ4n) is 2.65. The summed E-state index contributed by atoms with van der Waals surface area (Å²) in [5, 5.41) is 7.79. The Bertz CT molecular complexity index is 371. The van der Waals surface area contributed by atoms with E-state index >= 15 is 0 Å². The lowest BCUT2D eigenvalue weighted by atomic mass is 10.2. The third-order valence-electron chi connectivity index (χ3n) is 3.83. The Balaban J connectivity index is 1.48. The zero-order valence-electron chi connectivity index (χ0n) is 10.5. The minimum absolute atomic E-state index is 0.637. The van der Waals surface area contributed by atoms with E-state index in [1.165, 1.54) is 32.4 Å². The van der Waals surface area contributed by atoms with Crippen molar-refractivity contribution in [2.24, 2.45) is 0 Å². The normalized spacial score (nSPS) is 25.6. The van der Waals surface area contributed by atoms with Crippen LogP contribution in [0.4, 0.5) is 0 Å². The molecule has 1 unspecified atom stereocenters. The molecule has 1 aliphatic heterocycles. The molecule has 1 aromatic rings. The van der Waals surface area contributed by atoms with Gasteiger partial charge in [0, 0.05) is 31.7 Å². The summed E-state index contributed by atoms with van der Waals surface area (Å²) in [5.74, 6) is 1.05. The molecule has 1 aromatic heterocycles. The van der Waals surface area contributed by atoms with Crippen molar-refractivity contribution < 1.29 is 0 Å². The molecule has 94 valence electrons. The van der Waals surface area contributed by atoms with E-state index in [0.717, 1.165) is 25.0 Å². The first-order valence-electron chi connectivity index (χ1n) is 6.71. The lowest BCUT2D eigenvalue weighted by Gasteiger charge is -2.15. The van der Waals surface area contributed by atoms with Gasteiger partial charge in [-0.05, 0) is 26.2 Å². The SMILES string of the molecule is CCn1ncnc1CNC1CCN(C2CC2)C1. The van der Waals surface area contributed by atoms with Crippen molar-refractivity contribution in [1.29, 1.82) is 0 Å². The molecule has 5 heteroatoms. The molecule has 1 saturated heterocycles. The monoisotopic (exact) mass is 235 g/mol. The number of aromatic nitrogens is 3. The molecule has 0 radical (unpaired) electrons. The fraction of sp³-hybridized carbons (Fsp3) is 0.833. The van der Waals surface area contributed by atoms with E-state index in [4.69, 9.17) is 0 Å². The summed E-state index contributed by atoms with van der Waals surface area (Å²) in [6, 6.07) is 1.54. The number of hydrogen-bond donors (Lipinski definition) is 1. The molecular formula is C12H21N5. The van der Waals surface area contributed by atoms with Crippen LogP contribution in [0.3, 0.4) is 0 Å². The van der Waals surface area contributed by atoms with Gasteiger partial charge in [0.2, 0.25) is 0 Å². The number of hydrogen-bond acceptors (Lipinski definition) is 4. The zero-order valence-corrected chi connectivity index (χ0v) is 10.5. The molecule has 1 saturated carbocycles. The van der Waals surface area contributed by atoms with Crippen LogP contribution in [-0.4, -0.2) is 44.8 Å². The molecule has 1 atom stereocenters. The number of nitrogens with one attached hydrogen (secondary N) is 1. The van der Waals surface area contributed by atoms with Crippen LogP contribution in [0.2, 0.25) is 0 Å². The van der Waals surface area contributed by atoms with Gasteiger partial charge in [-0.15, -0.1) is 0 Å². The molecular weight excluding hydrogens is 214 g/mol. The maximum atomic E-state index is 4.29. The minimum atomic E-state index is 0.637. The highest BCUT2D eigenvalue weighted by Gasteiger charge is 2.34. The van der Waals surface area contributed by atoms with Gasteiger partial charge in [0.25, 0.3) is 0 Å². The van der Waals surface area contributed by atoms with Crippen LogP contribution >= 0.6 is 0 Å². The van der Waals surface area contributed by atoms with Gasteiger partial charge in [0.1, 0.15) is 12.2 Å². The topological polar surface area (TPSA) is 46.0 Å². The Morgan fingerprint density at radius 1 is 1.41 bits per heavy atom. The Hall–Kier alpha value is -0.940. The first-order chi connectivity index (χ1) is 8.36. The van der Waals surface area contributed by atoms with Gasteiger partial charge < -0.3 is 5.32 Å². The average molecular weight is 235 g/mol. The second-order valence-electron chi connectivity index (χ2n) is 5.08. The van der Waals surface area contributed by atoms with Crippen molar-refractivity contribution in [2.45, 2.75) is 51.4 Å². The maximum Gasteiger partial charge on any atom is 0.140 e. The van der Waals surface area contributed by atoms with Crippen molar-refractivity contribution in [3.63, 3.8) is 0 Å². The summed E-state index contributed by atoms with van der Waals surface area (Å²) in [5.41, 5.74) is 0. The van der Waals surface area contributed by atoms with E-state index in [0.29, 0.717) is 6.04 Å². The van der Waals surface area contributed by atoms with E-state index in [9.17, 15) is 0 Å². The first-order valence-corrected chi connectivity index (χ1v) is 6.71. The molecule has 0 amide bonds. The predicted octanol–water partition coefficient (Wildman–Crippen LogP) is 0.624.